The Balaban J connectivity index is -0.0000000975. The van der Waals surface area contributed by atoms with E-state index in [1.807, 2.05) is 30.3 Å². The third-order valence-electron chi connectivity index (χ3n) is 13.2. The van der Waals surface area contributed by atoms with Crippen LogP contribution < -0.4 is 0 Å². The number of hydrogen-bond acceptors (Lipinski definition) is 18. The van der Waals surface area contributed by atoms with E-state index >= 15 is 0 Å². The van der Waals surface area contributed by atoms with Crippen LogP contribution in [0.1, 0.15) is 82.3 Å². The van der Waals surface area contributed by atoms with Gasteiger partial charge in [-0.15, -0.1) is 12.8 Å². The van der Waals surface area contributed by atoms with Crippen LogP contribution in [0, 0.1) is 208 Å². The molecule has 1 aromatic heterocycles. The van der Waals surface area contributed by atoms with Crippen molar-refractivity contribution in [2.75, 3.05) is 26.4 Å². The van der Waals surface area contributed by atoms with Crippen LogP contribution in [0.15, 0.2) is 80.1 Å². The molecule has 5 heterocycles. The van der Waals surface area contributed by atoms with E-state index < -0.39 is 39.6 Å². The van der Waals surface area contributed by atoms with Crippen LogP contribution in [0.3, 0.4) is 0 Å². The number of aromatic nitrogens is 1. The zero-order valence-corrected chi connectivity index (χ0v) is 52.1. The van der Waals surface area contributed by atoms with Crippen LogP contribution in [-0.2, 0) is 89.7 Å². The van der Waals surface area contributed by atoms with Gasteiger partial charge in [-0.05, 0) is 177 Å². The Labute approximate surface area is 586 Å². The lowest BCUT2D eigenvalue weighted by Gasteiger charge is -2.49. The lowest BCUT2D eigenvalue weighted by Crippen LogP contribution is -2.71. The van der Waals surface area contributed by atoms with Gasteiger partial charge in [0, 0.05) is 208 Å². The second-order valence-corrected chi connectivity index (χ2v) is 20.9. The summed E-state index contributed by atoms with van der Waals surface area (Å²) in [6.07, 6.45) is 15.7. The SMILES string of the molecule is C#CC#CC#CC#CC#CC#CC#CC#CC#CC#CC#CC#CC#CC#CC#CC#CC#C.CN1C[C@H](C(=O)C[C@]2(C)O[C@@]3(O)[C@@H]4CCCN4C(=O)[C@H](Cc4ccccc4)N3C2=O)C[C@@H]2c3cccc4[nH]cc(c34)C[C@H]21.CS(=O)(=O)O.OOOOOOOO/N=N/N=N/N=S.[HH].[HH].[HH].[HH].[HH].[HH].[HH].[HH].[HH].[HH].[HH].[HH].[HH].[HH].[HH].[HH].[HH].[HH].[HH]. The molecule has 27 heteroatoms. The number of H-pyrrole nitrogens is 1. The van der Waals surface area contributed by atoms with Gasteiger partial charge in [0.05, 0.1) is 24.0 Å². The first-order valence-corrected chi connectivity index (χ1v) is 29.4. The molecule has 3 aromatic rings. The number of likely N-dealkylation sites (tertiary alicyclic amines) is 1. The number of aromatic amines is 1. The number of benzene rings is 2. The molecular weight excluding hydrogens is 1270 g/mol. The highest BCUT2D eigenvalue weighted by Crippen LogP contribution is 2.49. The number of aliphatic hydroxyl groups is 1. The molecule has 2 amide bonds. The Morgan fingerprint density at radius 3 is 1.74 bits per heavy atom. The van der Waals surface area contributed by atoms with Crippen LogP contribution >= 0.6 is 0 Å². The van der Waals surface area contributed by atoms with Crippen LogP contribution in [0.4, 0.5) is 0 Å². The molecule has 4 N–H and O–H groups in total. The number of terminal acetylenes is 2. The van der Waals surface area contributed by atoms with Crippen molar-refractivity contribution < 1.29 is 105 Å². The van der Waals surface area contributed by atoms with E-state index in [2.05, 4.69) is 304 Å². The van der Waals surface area contributed by atoms with Crippen LogP contribution in [0.25, 0.3) is 10.9 Å². The minimum absolute atomic E-state index is 0. The Kier molecular flexibility index (Phi) is 31.4. The maximum Gasteiger partial charge on any atom is 0.274 e. The fraction of sp³-hybridized carbons (Fsp3) is 0.261. The summed E-state index contributed by atoms with van der Waals surface area (Å²) < 4.78 is 35.0. The first-order valence-electron chi connectivity index (χ1n) is 27.2. The van der Waals surface area contributed by atoms with E-state index in [4.69, 9.17) is 27.4 Å². The lowest BCUT2D eigenvalue weighted by molar-refractivity contribution is -0.812. The fourth-order valence-electron chi connectivity index (χ4n) is 10.0. The highest BCUT2D eigenvalue weighted by molar-refractivity contribution is 7.85. The Morgan fingerprint density at radius 2 is 1.24 bits per heavy atom. The molecule has 4 fully saturated rings. The highest BCUT2D eigenvalue weighted by Gasteiger charge is 2.69. The molecular formula is C69H83N9O16S2. The van der Waals surface area contributed by atoms with E-state index in [-0.39, 0.29) is 63.5 Å². The summed E-state index contributed by atoms with van der Waals surface area (Å²) in [5, 5.41) is 52.1. The summed E-state index contributed by atoms with van der Waals surface area (Å²) in [4.78, 5) is 54.4. The molecule has 4 saturated heterocycles. The highest BCUT2D eigenvalue weighted by atomic mass is 32.2. The van der Waals surface area contributed by atoms with Crippen molar-refractivity contribution in [3.63, 3.8) is 0 Å². The summed E-state index contributed by atoms with van der Waals surface area (Å²) >= 11 is 4.00. The molecule has 96 heavy (non-hydrogen) atoms. The number of amides is 2. The van der Waals surface area contributed by atoms with Gasteiger partial charge in [0.1, 0.15) is 17.9 Å². The van der Waals surface area contributed by atoms with Crippen molar-refractivity contribution in [1.82, 2.24) is 19.7 Å². The number of likely N-dealkylation sites (N-methyl/N-ethyl adjacent to an activating group) is 1. The number of fused-ring (bicyclic) bond motifs is 5. The number of Topliss-reactive ketones (excluding diaryl/α,β-unsaturated/α-hetero) is 1. The third kappa shape index (κ3) is 24.4. The second-order valence-electron chi connectivity index (χ2n) is 19.2. The minimum Gasteiger partial charge on any atom is -0.361 e. The number of hydrogen-bond donors (Lipinski definition) is 4. The number of carbonyl (C=O) groups excluding carboxylic acids is 3. The van der Waals surface area contributed by atoms with Gasteiger partial charge in [-0.25, -0.2) is 5.26 Å². The number of nitrogens with one attached hydrogen (secondary N) is 1. The number of piperidine rings is 1. The number of ether oxygens (including phenoxy) is 1. The molecule has 0 bridgehead atoms. The van der Waals surface area contributed by atoms with Gasteiger partial charge in [-0.3, -0.25) is 23.8 Å². The molecule has 4 aliphatic heterocycles. The fourth-order valence-corrected chi connectivity index (χ4v) is 10.0. The van der Waals surface area contributed by atoms with Crippen molar-refractivity contribution in [1.29, 1.82) is 0 Å². The zero-order valence-electron chi connectivity index (χ0n) is 50.4. The monoisotopic (exact) mass is 1360 g/mol. The molecule has 7 atom stereocenters. The van der Waals surface area contributed by atoms with Crippen molar-refractivity contribution >= 4 is 51.0 Å². The molecule has 8 rings (SSSR count). The summed E-state index contributed by atoms with van der Waals surface area (Å²) in [6, 6.07) is 14.7. The van der Waals surface area contributed by atoms with Gasteiger partial charge >= 0.3 is 0 Å². The largest absolute Gasteiger partial charge is 0.361 e. The third-order valence-corrected chi connectivity index (χ3v) is 13.3. The van der Waals surface area contributed by atoms with Crippen molar-refractivity contribution in [3.8, 4) is 202 Å². The normalized spacial score (nSPS) is 19.4. The van der Waals surface area contributed by atoms with Crippen LogP contribution in [0.2, 0.25) is 0 Å². The van der Waals surface area contributed by atoms with E-state index in [0.29, 0.717) is 38.2 Å². The van der Waals surface area contributed by atoms with Gasteiger partial charge in [0.15, 0.2) is 5.60 Å². The Bertz CT molecular complexity index is 4690. The standard InChI is InChI=1S/C34H38N4O5.C34H2.CH4O3S.HN5O8S.19H2/c1-33(17-28(39)22-15-24-23-10-6-11-25-30(23)21(18-35-25)16-26(24)36(2)19-22)32(41)38-27(14-20-8-4-3-5-9-20)31(40)37-13-7-12-29(37)34(38,42)43-33;1-3-5-7-9-11-13-15-17-19-21-23-25-27-29-31-33-34-32-30-28-26-24-22-20-18-16-14-12-10-8-6-4-2;1-5(2,3)4;6-8-10-12-13-11-9-7-4-2-1-3-5-14;;;;;;;;;;;;;;;;;;;/h3-6,8-11,18,22,24,26-27,29,35,42H,7,12-17,19H2,1-2H3;1-2H;1H3,(H,2,3,4);6H;19*1H/b;;;3-1+,4-2+;;;;;;;;;;;;;;;;;;;/t22-,24-,26-,27+,29+,33+,34+;;;;;;;;;;;;;;;;;;;;;;/m1....................../s1. The van der Waals surface area contributed by atoms with Gasteiger partial charge in [0.2, 0.25) is 5.91 Å². The molecule has 5 aliphatic rings. The predicted octanol–water partition coefficient (Wildman–Crippen LogP) is 7.89. The summed E-state index contributed by atoms with van der Waals surface area (Å²) in [6.45, 7) is 2.75. The average Bonchev–Trinajstić information content (AvgIpc) is 1.54. The average molecular weight is 1360 g/mol. The quantitative estimate of drug-likeness (QED) is 0.0298. The molecule has 1 aliphatic carbocycles. The van der Waals surface area contributed by atoms with E-state index in [0.717, 1.165) is 23.9 Å². The van der Waals surface area contributed by atoms with Gasteiger partial charge in [-0.2, -0.15) is 13.4 Å². The molecule has 0 saturated carbocycles. The van der Waals surface area contributed by atoms with E-state index in [9.17, 15) is 27.9 Å². The molecule has 0 unspecified atom stereocenters. The Hall–Kier alpha value is -12.4. The van der Waals surface area contributed by atoms with Crippen LogP contribution in [0.5, 0.6) is 0 Å². The summed E-state index contributed by atoms with van der Waals surface area (Å²) in [7, 11) is -1.58. The van der Waals surface area contributed by atoms with Gasteiger partial charge in [0.25, 0.3) is 21.9 Å². The minimum atomic E-state index is -3.67. The smallest absolute Gasteiger partial charge is 0.274 e. The number of nitrogens with zero attached hydrogens (tertiary/aromatic N) is 8. The molecule has 2 aromatic carbocycles. The van der Waals surface area contributed by atoms with Gasteiger partial charge in [-0.1, -0.05) is 46.9 Å². The molecule has 25 nitrogen and oxygen atoms in total. The number of piperazine rings is 1. The first kappa shape index (κ1) is 74.4. The second kappa shape index (κ2) is 40.5. The van der Waals surface area contributed by atoms with Crippen molar-refractivity contribution in [2.45, 2.75) is 81.0 Å². The van der Waals surface area contributed by atoms with E-state index in [1.54, 1.807) is 11.8 Å². The number of ketones is 1. The molecule has 512 valence electrons. The maximum atomic E-state index is 14.3. The Morgan fingerprint density at radius 1 is 0.740 bits per heavy atom. The number of rotatable bonds is 14. The molecule has 0 spiro atoms. The lowest BCUT2D eigenvalue weighted by atomic mass is 9.71. The predicted molar refractivity (Wildman–Crippen MR) is 381 cm³/mol. The van der Waals surface area contributed by atoms with E-state index in [1.165, 1.54) is 21.4 Å². The summed E-state index contributed by atoms with van der Waals surface area (Å²) in [5.74, 6) is 75.4. The first-order chi connectivity index (χ1) is 46.5. The van der Waals surface area contributed by atoms with Gasteiger partial charge < -0.3 is 24.6 Å². The summed E-state index contributed by atoms with van der Waals surface area (Å²) in [5.41, 5.74) is 3.07. The topological polar surface area (TPSA) is 307 Å². The van der Waals surface area contributed by atoms with Crippen molar-refractivity contribution in [2.24, 2.45) is 31.3 Å². The maximum absolute atomic E-state index is 14.3. The van der Waals surface area contributed by atoms with Crippen molar-refractivity contribution in [3.05, 3.63) is 71.4 Å². The molecule has 0 radical (unpaired) electrons. The zero-order chi connectivity index (χ0) is 69.3. The number of carbonyl (C=O) groups is 3. The van der Waals surface area contributed by atoms with Crippen LogP contribution in [-0.4, -0.2) is 117 Å².